The second-order valence-electron chi connectivity index (χ2n) is 8.39. The normalized spacial score (nSPS) is 15.0. The molecule has 0 saturated heterocycles. The number of carbonyl (C=O) groups excluding carboxylic acids is 1. The highest BCUT2D eigenvalue weighted by atomic mass is 32.1. The van der Waals surface area contributed by atoms with E-state index >= 15 is 0 Å². The lowest BCUT2D eigenvalue weighted by Crippen LogP contribution is -2.44. The van der Waals surface area contributed by atoms with Gasteiger partial charge in [0.1, 0.15) is 0 Å². The molecule has 1 aromatic rings. The molecule has 1 aromatic heterocycles. The second kappa shape index (κ2) is 9.80. The molecule has 4 nitrogen and oxygen atoms in total. The number of hydrogen-bond acceptors (Lipinski definition) is 5. The zero-order valence-electron chi connectivity index (χ0n) is 18.3. The maximum absolute atomic E-state index is 11.9. The summed E-state index contributed by atoms with van der Waals surface area (Å²) in [5, 5.41) is 3.22. The van der Waals surface area contributed by atoms with Gasteiger partial charge < -0.3 is 9.16 Å². The summed E-state index contributed by atoms with van der Waals surface area (Å²) in [6, 6.07) is 0. The first kappa shape index (κ1) is 23.8. The third-order valence-electron chi connectivity index (χ3n) is 5.00. The van der Waals surface area contributed by atoms with Crippen LogP contribution in [0.2, 0.25) is 18.1 Å². The highest BCUT2D eigenvalue weighted by molar-refractivity contribution is 7.09. The van der Waals surface area contributed by atoms with Crippen LogP contribution in [0.3, 0.4) is 0 Å². The Hall–Kier alpha value is -1.24. The van der Waals surface area contributed by atoms with Crippen molar-refractivity contribution in [2.45, 2.75) is 79.1 Å². The molecule has 0 aliphatic heterocycles. The van der Waals surface area contributed by atoms with Crippen LogP contribution in [0.5, 0.6) is 0 Å². The Morgan fingerprint density at radius 1 is 1.33 bits per heavy atom. The summed E-state index contributed by atoms with van der Waals surface area (Å²) in [5.74, 6) is -0.264. The molecule has 152 valence electrons. The number of esters is 1. The molecule has 0 bridgehead atoms. The molecule has 1 unspecified atom stereocenters. The smallest absolute Gasteiger partial charge is 0.333 e. The third-order valence-corrected chi connectivity index (χ3v) is 10.3. The Morgan fingerprint density at radius 2 is 1.96 bits per heavy atom. The van der Waals surface area contributed by atoms with Crippen molar-refractivity contribution < 1.29 is 14.0 Å². The molecule has 1 heterocycles. The van der Waals surface area contributed by atoms with E-state index in [-0.39, 0.29) is 17.1 Å². The van der Waals surface area contributed by atoms with Crippen molar-refractivity contribution in [3.8, 4) is 0 Å². The first-order chi connectivity index (χ1) is 12.4. The molecule has 0 N–H and O–H groups in total. The highest BCUT2D eigenvalue weighted by Gasteiger charge is 2.39. The number of nitrogens with zero attached hydrogens (tertiary/aromatic N) is 1. The lowest BCUT2D eigenvalue weighted by Gasteiger charge is -2.39. The highest BCUT2D eigenvalue weighted by Crippen LogP contribution is 2.38. The zero-order valence-corrected chi connectivity index (χ0v) is 20.1. The molecule has 0 aromatic carbocycles. The minimum atomic E-state index is -1.96. The number of rotatable bonds is 8. The van der Waals surface area contributed by atoms with Gasteiger partial charge in [0.2, 0.25) is 0 Å². The molecule has 0 amide bonds. The fourth-order valence-electron chi connectivity index (χ4n) is 2.24. The van der Waals surface area contributed by atoms with E-state index in [4.69, 9.17) is 9.16 Å². The van der Waals surface area contributed by atoms with E-state index in [1.807, 2.05) is 19.9 Å². The quantitative estimate of drug-likeness (QED) is 0.294. The van der Waals surface area contributed by atoms with Crippen molar-refractivity contribution in [1.29, 1.82) is 0 Å². The molecule has 27 heavy (non-hydrogen) atoms. The largest absolute Gasteiger partial charge is 0.463 e. The van der Waals surface area contributed by atoms with Gasteiger partial charge in [-0.25, -0.2) is 9.78 Å². The van der Waals surface area contributed by atoms with Gasteiger partial charge in [-0.05, 0) is 63.9 Å². The first-order valence-corrected chi connectivity index (χ1v) is 13.3. The van der Waals surface area contributed by atoms with Gasteiger partial charge in [-0.2, -0.15) is 0 Å². The molecule has 1 rings (SSSR count). The average Bonchev–Trinajstić information content (AvgIpc) is 2.94. The third kappa shape index (κ3) is 7.35. The Balaban J connectivity index is 3.10. The van der Waals surface area contributed by atoms with E-state index < -0.39 is 8.32 Å². The van der Waals surface area contributed by atoms with Gasteiger partial charge in [0, 0.05) is 11.0 Å². The maximum Gasteiger partial charge on any atom is 0.333 e. The summed E-state index contributed by atoms with van der Waals surface area (Å²) in [4.78, 5) is 16.5. The van der Waals surface area contributed by atoms with Crippen LogP contribution >= 0.6 is 11.3 Å². The van der Waals surface area contributed by atoms with Crippen molar-refractivity contribution in [2.24, 2.45) is 0 Å². The number of aryl methyl sites for hydroxylation is 1. The number of hydrogen-bond donors (Lipinski definition) is 0. The van der Waals surface area contributed by atoms with Crippen LogP contribution in [0, 0.1) is 6.92 Å². The van der Waals surface area contributed by atoms with E-state index in [1.54, 1.807) is 18.3 Å². The van der Waals surface area contributed by atoms with E-state index in [2.05, 4.69) is 57.2 Å². The van der Waals surface area contributed by atoms with E-state index in [1.165, 1.54) is 0 Å². The van der Waals surface area contributed by atoms with Crippen molar-refractivity contribution in [2.75, 3.05) is 6.61 Å². The summed E-state index contributed by atoms with van der Waals surface area (Å²) in [7, 11) is -1.96. The summed E-state index contributed by atoms with van der Waals surface area (Å²) in [5.41, 5.74) is 2.71. The number of ether oxygens (including phenoxy) is 1. The van der Waals surface area contributed by atoms with Gasteiger partial charge in [0.05, 0.1) is 23.4 Å². The van der Waals surface area contributed by atoms with E-state index in [0.717, 1.165) is 16.3 Å². The lowest BCUT2D eigenvalue weighted by molar-refractivity contribution is -0.138. The maximum atomic E-state index is 11.9. The topological polar surface area (TPSA) is 48.4 Å². The summed E-state index contributed by atoms with van der Waals surface area (Å²) in [6.07, 6.45) is 4.58. The van der Waals surface area contributed by atoms with Gasteiger partial charge >= 0.3 is 5.97 Å². The van der Waals surface area contributed by atoms with Crippen molar-refractivity contribution in [3.05, 3.63) is 33.3 Å². The van der Waals surface area contributed by atoms with Gasteiger partial charge in [-0.15, -0.1) is 11.3 Å². The van der Waals surface area contributed by atoms with E-state index in [9.17, 15) is 4.79 Å². The number of carbonyl (C=O) groups is 1. The minimum Gasteiger partial charge on any atom is -0.463 e. The summed E-state index contributed by atoms with van der Waals surface area (Å²) >= 11 is 1.64. The monoisotopic (exact) mass is 409 g/mol. The lowest BCUT2D eigenvalue weighted by atomic mass is 10.1. The Labute approximate surface area is 169 Å². The number of thiazole rings is 1. The SMILES string of the molecule is CCOC(=O)C(C)=CCC(O[Si](C)(C)C(C)(C)C)C(C)=Cc1csc(C)n1. The standard InChI is InChI=1S/C21H35NO3SSi/c1-10-24-20(23)15(2)11-12-19(25-27(8,9)21(5,6)7)16(3)13-18-14-26-17(4)22-18/h11,13-14,19H,10,12H2,1-9H3. The molecule has 0 aliphatic rings. The molecule has 0 spiro atoms. The molecular weight excluding hydrogens is 374 g/mol. The molecule has 0 saturated carbocycles. The summed E-state index contributed by atoms with van der Waals surface area (Å²) in [6.45, 7) is 19.3. The fourth-order valence-corrected chi connectivity index (χ4v) is 4.16. The molecule has 1 atom stereocenters. The first-order valence-electron chi connectivity index (χ1n) is 9.49. The van der Waals surface area contributed by atoms with Gasteiger partial charge in [0.25, 0.3) is 0 Å². The van der Waals surface area contributed by atoms with Crippen molar-refractivity contribution in [1.82, 2.24) is 4.98 Å². The predicted molar refractivity (Wildman–Crippen MR) is 118 cm³/mol. The molecule has 0 fully saturated rings. The van der Waals surface area contributed by atoms with Crippen LogP contribution in [0.15, 0.2) is 22.6 Å². The molecular formula is C21H35NO3SSi. The van der Waals surface area contributed by atoms with Crippen LogP contribution in [0.25, 0.3) is 6.08 Å². The zero-order chi connectivity index (χ0) is 20.8. The molecule has 6 heteroatoms. The van der Waals surface area contributed by atoms with Crippen LogP contribution in [0.1, 0.15) is 58.7 Å². The average molecular weight is 410 g/mol. The summed E-state index contributed by atoms with van der Waals surface area (Å²) < 4.78 is 11.8. The Bertz CT molecular complexity index is 699. The van der Waals surface area contributed by atoms with Crippen molar-refractivity contribution in [3.63, 3.8) is 0 Å². The van der Waals surface area contributed by atoms with Crippen molar-refractivity contribution >= 4 is 31.7 Å². The number of aromatic nitrogens is 1. The predicted octanol–water partition coefficient (Wildman–Crippen LogP) is 6.14. The molecule has 0 aliphatic carbocycles. The van der Waals surface area contributed by atoms with Crippen LogP contribution in [0.4, 0.5) is 0 Å². The molecule has 0 radical (unpaired) electrons. The van der Waals surface area contributed by atoms with Gasteiger partial charge in [0.15, 0.2) is 8.32 Å². The van der Waals surface area contributed by atoms with Crippen LogP contribution in [-0.2, 0) is 14.0 Å². The van der Waals surface area contributed by atoms with E-state index in [0.29, 0.717) is 18.6 Å². The second-order valence-corrected chi connectivity index (χ2v) is 14.2. The van der Waals surface area contributed by atoms with Crippen LogP contribution < -0.4 is 0 Å². The van der Waals surface area contributed by atoms with Gasteiger partial charge in [-0.1, -0.05) is 26.8 Å². The van der Waals surface area contributed by atoms with Crippen LogP contribution in [-0.4, -0.2) is 32.0 Å². The Morgan fingerprint density at radius 3 is 2.44 bits per heavy atom. The fraction of sp³-hybridized carbons (Fsp3) is 0.619. The van der Waals surface area contributed by atoms with Gasteiger partial charge in [-0.3, -0.25) is 0 Å². The Kier molecular flexibility index (Phi) is 8.64. The minimum absolute atomic E-state index is 0.0859.